The number of anilines is 1. The molecule has 1 N–H and O–H groups in total. The van der Waals surface area contributed by atoms with Gasteiger partial charge in [-0.15, -0.1) is 0 Å². The van der Waals surface area contributed by atoms with Crippen molar-refractivity contribution in [2.24, 2.45) is 5.92 Å². The maximum Gasteiger partial charge on any atom is 0.258 e. The lowest BCUT2D eigenvalue weighted by Gasteiger charge is -2.26. The highest BCUT2D eigenvalue weighted by molar-refractivity contribution is 6.06. The summed E-state index contributed by atoms with van der Waals surface area (Å²) in [6.07, 6.45) is -0.739. The van der Waals surface area contributed by atoms with Gasteiger partial charge in [0, 0.05) is 17.9 Å². The van der Waals surface area contributed by atoms with Crippen LogP contribution in [0.1, 0.15) is 24.2 Å². The molecule has 0 aromatic heterocycles. The topological polar surface area (TPSA) is 49.8 Å². The molecule has 0 radical (unpaired) electrons. The number of nitrogens with zero attached hydrogens (tertiary/aromatic N) is 1. The first kappa shape index (κ1) is 18.2. The Morgan fingerprint density at radius 1 is 1.00 bits per heavy atom. The lowest BCUT2D eigenvalue weighted by molar-refractivity contribution is 0.0288. The van der Waals surface area contributed by atoms with Gasteiger partial charge in [-0.3, -0.25) is 4.79 Å². The lowest BCUT2D eigenvalue weighted by atomic mass is 10.1. The summed E-state index contributed by atoms with van der Waals surface area (Å²) < 4.78 is 5.49. The quantitative estimate of drug-likeness (QED) is 0.809. The van der Waals surface area contributed by atoms with E-state index in [1.165, 1.54) is 0 Å². The fraction of sp³-hybridized carbons (Fsp3) is 0.350. The summed E-state index contributed by atoms with van der Waals surface area (Å²) in [5.41, 5.74) is 1.35. The summed E-state index contributed by atoms with van der Waals surface area (Å²) in [6, 6.07) is 18.5. The highest BCUT2D eigenvalue weighted by Gasteiger charge is 2.20. The summed E-state index contributed by atoms with van der Waals surface area (Å²) in [5.74, 6) is 0.276. The zero-order valence-electron chi connectivity index (χ0n) is 14.3. The third-order valence-corrected chi connectivity index (χ3v) is 3.49. The lowest BCUT2D eigenvalue weighted by Crippen LogP contribution is -2.39. The van der Waals surface area contributed by atoms with Crippen LogP contribution in [-0.4, -0.2) is 36.9 Å². The molecule has 2 aromatic carbocycles. The molecule has 4 heteroatoms. The van der Waals surface area contributed by atoms with Crippen LogP contribution in [0.5, 0.6) is 0 Å². The van der Waals surface area contributed by atoms with Crippen LogP contribution in [0.25, 0.3) is 0 Å². The zero-order valence-corrected chi connectivity index (χ0v) is 14.3. The molecule has 0 spiro atoms. The van der Waals surface area contributed by atoms with Crippen molar-refractivity contribution in [2.75, 3.05) is 24.7 Å². The molecule has 1 atom stereocenters. The van der Waals surface area contributed by atoms with E-state index in [-0.39, 0.29) is 19.1 Å². The number of carbonyl (C=O) groups excluding carboxylic acids is 1. The molecule has 0 aliphatic rings. The molecule has 0 aliphatic carbocycles. The highest BCUT2D eigenvalue weighted by atomic mass is 16.5. The average Bonchev–Trinajstić information content (AvgIpc) is 2.60. The maximum atomic E-state index is 12.8. The van der Waals surface area contributed by atoms with E-state index in [1.807, 2.05) is 48.5 Å². The number of hydrogen-bond acceptors (Lipinski definition) is 3. The number of ether oxygens (including phenoxy) is 1. The second-order valence-electron chi connectivity index (χ2n) is 6.20. The van der Waals surface area contributed by atoms with Crippen LogP contribution in [0.3, 0.4) is 0 Å². The zero-order chi connectivity index (χ0) is 17.4. The minimum absolute atomic E-state index is 0.135. The number of benzene rings is 2. The Bertz CT molecular complexity index is 613. The third-order valence-electron chi connectivity index (χ3n) is 3.49. The van der Waals surface area contributed by atoms with Gasteiger partial charge < -0.3 is 14.7 Å². The van der Waals surface area contributed by atoms with Crippen LogP contribution >= 0.6 is 0 Å². The number of aliphatic hydroxyl groups excluding tert-OH is 1. The first-order chi connectivity index (χ1) is 11.6. The van der Waals surface area contributed by atoms with E-state index in [2.05, 4.69) is 13.8 Å². The van der Waals surface area contributed by atoms with Crippen molar-refractivity contribution in [2.45, 2.75) is 20.0 Å². The van der Waals surface area contributed by atoms with Gasteiger partial charge in [-0.25, -0.2) is 0 Å². The summed E-state index contributed by atoms with van der Waals surface area (Å²) in [7, 11) is 0. The van der Waals surface area contributed by atoms with Gasteiger partial charge in [-0.1, -0.05) is 50.2 Å². The van der Waals surface area contributed by atoms with Gasteiger partial charge in [0.2, 0.25) is 0 Å². The van der Waals surface area contributed by atoms with Crippen LogP contribution in [0.2, 0.25) is 0 Å². The van der Waals surface area contributed by atoms with Crippen molar-refractivity contribution in [1.82, 2.24) is 0 Å². The van der Waals surface area contributed by atoms with Gasteiger partial charge in [-0.05, 0) is 30.2 Å². The molecule has 0 aliphatic heterocycles. The van der Waals surface area contributed by atoms with Gasteiger partial charge >= 0.3 is 0 Å². The minimum Gasteiger partial charge on any atom is -0.389 e. The number of hydrogen-bond donors (Lipinski definition) is 1. The molecule has 2 rings (SSSR count). The van der Waals surface area contributed by atoms with E-state index in [0.29, 0.717) is 18.1 Å². The van der Waals surface area contributed by atoms with Gasteiger partial charge in [-0.2, -0.15) is 0 Å². The number of rotatable bonds is 8. The van der Waals surface area contributed by atoms with Crippen molar-refractivity contribution in [3.63, 3.8) is 0 Å². The summed E-state index contributed by atoms with van der Waals surface area (Å²) in [6.45, 7) is 5.11. The number of amides is 1. The van der Waals surface area contributed by atoms with Crippen molar-refractivity contribution < 1.29 is 14.6 Å². The van der Waals surface area contributed by atoms with Crippen molar-refractivity contribution in [3.05, 3.63) is 66.2 Å². The molecule has 0 unspecified atom stereocenters. The SMILES string of the molecule is CC(C)COC[C@@H](O)CN(C(=O)c1ccccc1)c1ccccc1. The maximum absolute atomic E-state index is 12.8. The largest absolute Gasteiger partial charge is 0.389 e. The highest BCUT2D eigenvalue weighted by Crippen LogP contribution is 2.17. The minimum atomic E-state index is -0.739. The van der Waals surface area contributed by atoms with Crippen molar-refractivity contribution in [1.29, 1.82) is 0 Å². The first-order valence-corrected chi connectivity index (χ1v) is 8.25. The molecule has 0 fully saturated rings. The second kappa shape index (κ2) is 9.21. The Morgan fingerprint density at radius 3 is 2.17 bits per heavy atom. The average molecular weight is 327 g/mol. The van der Waals surface area contributed by atoms with Gasteiger partial charge in [0.15, 0.2) is 0 Å². The van der Waals surface area contributed by atoms with Gasteiger partial charge in [0.1, 0.15) is 0 Å². The van der Waals surface area contributed by atoms with Crippen LogP contribution in [0, 0.1) is 5.92 Å². The predicted molar refractivity (Wildman–Crippen MR) is 96.2 cm³/mol. The Kier molecular flexibility index (Phi) is 6.97. The molecule has 1 amide bonds. The Labute approximate surface area is 143 Å². The molecule has 0 saturated carbocycles. The van der Waals surface area contributed by atoms with Crippen molar-refractivity contribution >= 4 is 11.6 Å². The van der Waals surface area contributed by atoms with E-state index in [9.17, 15) is 9.90 Å². The summed E-state index contributed by atoms with van der Waals surface area (Å²) in [4.78, 5) is 14.4. The number of carbonyl (C=O) groups is 1. The Balaban J connectivity index is 2.11. The number of aliphatic hydroxyl groups is 1. The standard InChI is InChI=1S/C20H25NO3/c1-16(2)14-24-15-19(22)13-21(18-11-7-4-8-12-18)20(23)17-9-5-3-6-10-17/h3-12,16,19,22H,13-15H2,1-2H3/t19-/m0/s1. The molecular formula is C20H25NO3. The van der Waals surface area contributed by atoms with E-state index >= 15 is 0 Å². The van der Waals surface area contributed by atoms with Crippen LogP contribution in [0.15, 0.2) is 60.7 Å². The van der Waals surface area contributed by atoms with E-state index in [1.54, 1.807) is 17.0 Å². The number of para-hydroxylation sites is 1. The summed E-state index contributed by atoms with van der Waals surface area (Å²) >= 11 is 0. The molecule has 2 aromatic rings. The van der Waals surface area contributed by atoms with Crippen LogP contribution in [0.4, 0.5) is 5.69 Å². The Morgan fingerprint density at radius 2 is 1.58 bits per heavy atom. The fourth-order valence-corrected chi connectivity index (χ4v) is 2.35. The normalized spacial score (nSPS) is 12.2. The van der Waals surface area contributed by atoms with Crippen LogP contribution in [-0.2, 0) is 4.74 Å². The molecule has 24 heavy (non-hydrogen) atoms. The summed E-state index contributed by atoms with van der Waals surface area (Å²) in [5, 5.41) is 10.3. The molecule has 4 nitrogen and oxygen atoms in total. The second-order valence-corrected chi connectivity index (χ2v) is 6.20. The van der Waals surface area contributed by atoms with Crippen molar-refractivity contribution in [3.8, 4) is 0 Å². The third kappa shape index (κ3) is 5.48. The van der Waals surface area contributed by atoms with E-state index in [4.69, 9.17) is 4.74 Å². The Hall–Kier alpha value is -2.17. The van der Waals surface area contributed by atoms with Crippen LogP contribution < -0.4 is 4.90 Å². The molecule has 0 bridgehead atoms. The molecular weight excluding hydrogens is 302 g/mol. The fourth-order valence-electron chi connectivity index (χ4n) is 2.35. The molecule has 0 saturated heterocycles. The molecule has 128 valence electrons. The first-order valence-electron chi connectivity index (χ1n) is 8.25. The van der Waals surface area contributed by atoms with Gasteiger partial charge in [0.05, 0.1) is 19.3 Å². The smallest absolute Gasteiger partial charge is 0.258 e. The predicted octanol–water partition coefficient (Wildman–Crippen LogP) is 3.37. The van der Waals surface area contributed by atoms with E-state index in [0.717, 1.165) is 5.69 Å². The van der Waals surface area contributed by atoms with E-state index < -0.39 is 6.10 Å². The monoisotopic (exact) mass is 327 g/mol. The molecule has 0 heterocycles. The van der Waals surface area contributed by atoms with Gasteiger partial charge in [0.25, 0.3) is 5.91 Å².